The highest BCUT2D eigenvalue weighted by Gasteiger charge is 2.11. The SMILES string of the molecule is Brc1ccc(CNCCc2ccc3c(c2)OCCO3)o1. The summed E-state index contributed by atoms with van der Waals surface area (Å²) in [6.45, 7) is 2.88. The Kier molecular flexibility index (Phi) is 4.28. The lowest BCUT2D eigenvalue weighted by molar-refractivity contribution is 0.171. The van der Waals surface area contributed by atoms with Crippen molar-refractivity contribution in [3.05, 3.63) is 46.3 Å². The Morgan fingerprint density at radius 3 is 2.70 bits per heavy atom. The highest BCUT2D eigenvalue weighted by atomic mass is 79.9. The summed E-state index contributed by atoms with van der Waals surface area (Å²) < 4.78 is 17.3. The van der Waals surface area contributed by atoms with Crippen LogP contribution in [0.25, 0.3) is 0 Å². The molecule has 1 aromatic heterocycles. The van der Waals surface area contributed by atoms with Gasteiger partial charge in [0.2, 0.25) is 0 Å². The minimum Gasteiger partial charge on any atom is -0.486 e. The molecule has 1 aromatic carbocycles. The standard InChI is InChI=1S/C15H16BrNO3/c16-15-4-2-12(20-15)10-17-6-5-11-1-3-13-14(9-11)19-8-7-18-13/h1-4,9,17H,5-8,10H2. The van der Waals surface area contributed by atoms with Crippen molar-refractivity contribution in [3.8, 4) is 11.5 Å². The fourth-order valence-electron chi connectivity index (χ4n) is 2.13. The molecule has 0 atom stereocenters. The zero-order chi connectivity index (χ0) is 13.8. The van der Waals surface area contributed by atoms with Gasteiger partial charge in [0.15, 0.2) is 16.2 Å². The van der Waals surface area contributed by atoms with Gasteiger partial charge in [-0.3, -0.25) is 0 Å². The average Bonchev–Trinajstić information content (AvgIpc) is 2.89. The van der Waals surface area contributed by atoms with Gasteiger partial charge in [-0.05, 0) is 58.7 Å². The van der Waals surface area contributed by atoms with E-state index in [9.17, 15) is 0 Å². The molecule has 0 fully saturated rings. The second kappa shape index (κ2) is 6.33. The van der Waals surface area contributed by atoms with Gasteiger partial charge in [0.25, 0.3) is 0 Å². The van der Waals surface area contributed by atoms with E-state index in [0.29, 0.717) is 13.2 Å². The van der Waals surface area contributed by atoms with E-state index < -0.39 is 0 Å². The molecule has 0 radical (unpaired) electrons. The van der Waals surface area contributed by atoms with Crippen LogP contribution < -0.4 is 14.8 Å². The van der Waals surface area contributed by atoms with E-state index in [1.807, 2.05) is 18.2 Å². The monoisotopic (exact) mass is 337 g/mol. The molecule has 20 heavy (non-hydrogen) atoms. The van der Waals surface area contributed by atoms with E-state index in [4.69, 9.17) is 13.9 Å². The summed E-state index contributed by atoms with van der Waals surface area (Å²) in [5.74, 6) is 2.62. The van der Waals surface area contributed by atoms with Gasteiger partial charge in [0.1, 0.15) is 19.0 Å². The first kappa shape index (κ1) is 13.5. The Hall–Kier alpha value is -1.46. The van der Waals surface area contributed by atoms with Gasteiger partial charge in [-0.15, -0.1) is 0 Å². The molecule has 1 N–H and O–H groups in total. The van der Waals surface area contributed by atoms with E-state index in [2.05, 4.69) is 33.4 Å². The highest BCUT2D eigenvalue weighted by molar-refractivity contribution is 9.10. The number of ether oxygens (including phenoxy) is 2. The summed E-state index contributed by atoms with van der Waals surface area (Å²) in [5, 5.41) is 3.36. The molecule has 0 saturated carbocycles. The molecular weight excluding hydrogens is 322 g/mol. The lowest BCUT2D eigenvalue weighted by Crippen LogP contribution is -2.17. The second-order valence-electron chi connectivity index (χ2n) is 4.61. The summed E-state index contributed by atoms with van der Waals surface area (Å²) in [4.78, 5) is 0. The number of furan rings is 1. The molecule has 1 aliphatic rings. The zero-order valence-corrected chi connectivity index (χ0v) is 12.6. The molecule has 4 nitrogen and oxygen atoms in total. The molecule has 2 aromatic rings. The Bertz CT molecular complexity index is 582. The fraction of sp³-hybridized carbons (Fsp3) is 0.333. The average molecular weight is 338 g/mol. The predicted octanol–water partition coefficient (Wildman–Crippen LogP) is 3.15. The number of fused-ring (bicyclic) bond motifs is 1. The van der Waals surface area contributed by atoms with Crippen LogP contribution in [0.15, 0.2) is 39.4 Å². The van der Waals surface area contributed by atoms with Gasteiger partial charge in [-0.2, -0.15) is 0 Å². The molecule has 0 spiro atoms. The molecule has 0 saturated heterocycles. The van der Waals surface area contributed by atoms with Crippen molar-refractivity contribution in [1.82, 2.24) is 5.32 Å². The normalized spacial score (nSPS) is 13.4. The Labute approximate surface area is 126 Å². The van der Waals surface area contributed by atoms with E-state index in [-0.39, 0.29) is 0 Å². The van der Waals surface area contributed by atoms with Crippen molar-refractivity contribution in [2.45, 2.75) is 13.0 Å². The van der Waals surface area contributed by atoms with Crippen LogP contribution in [0.2, 0.25) is 0 Å². The molecule has 106 valence electrons. The van der Waals surface area contributed by atoms with Gasteiger partial charge in [0, 0.05) is 0 Å². The number of nitrogens with one attached hydrogen (secondary N) is 1. The van der Waals surface area contributed by atoms with Gasteiger partial charge in [-0.1, -0.05) is 6.07 Å². The molecule has 1 aliphatic heterocycles. The molecule has 2 heterocycles. The third kappa shape index (κ3) is 3.35. The van der Waals surface area contributed by atoms with Crippen LogP contribution in [0.3, 0.4) is 0 Å². The van der Waals surface area contributed by atoms with Crippen molar-refractivity contribution >= 4 is 15.9 Å². The van der Waals surface area contributed by atoms with E-state index >= 15 is 0 Å². The van der Waals surface area contributed by atoms with Gasteiger partial charge < -0.3 is 19.2 Å². The quantitative estimate of drug-likeness (QED) is 0.851. The molecule has 5 heteroatoms. The zero-order valence-electron chi connectivity index (χ0n) is 11.0. The predicted molar refractivity (Wildman–Crippen MR) is 79.3 cm³/mol. The largest absolute Gasteiger partial charge is 0.486 e. The summed E-state index contributed by atoms with van der Waals surface area (Å²) >= 11 is 3.29. The maximum absolute atomic E-state index is 5.58. The number of halogens is 1. The Balaban J connectivity index is 1.48. The van der Waals surface area contributed by atoms with Crippen molar-refractivity contribution < 1.29 is 13.9 Å². The topological polar surface area (TPSA) is 43.6 Å². The fourth-order valence-corrected chi connectivity index (χ4v) is 2.47. The Morgan fingerprint density at radius 2 is 1.90 bits per heavy atom. The van der Waals surface area contributed by atoms with Crippen LogP contribution in [0.4, 0.5) is 0 Å². The van der Waals surface area contributed by atoms with Crippen LogP contribution in [0.1, 0.15) is 11.3 Å². The lowest BCUT2D eigenvalue weighted by Gasteiger charge is -2.18. The van der Waals surface area contributed by atoms with Crippen LogP contribution in [0.5, 0.6) is 11.5 Å². The summed E-state index contributed by atoms with van der Waals surface area (Å²) in [7, 11) is 0. The minimum absolute atomic E-state index is 0.627. The van der Waals surface area contributed by atoms with Crippen LogP contribution in [-0.4, -0.2) is 19.8 Å². The molecule has 0 bridgehead atoms. The van der Waals surface area contributed by atoms with Gasteiger partial charge in [0.05, 0.1) is 6.54 Å². The third-order valence-electron chi connectivity index (χ3n) is 3.13. The maximum Gasteiger partial charge on any atom is 0.169 e. The number of hydrogen-bond acceptors (Lipinski definition) is 4. The first-order chi connectivity index (χ1) is 9.81. The lowest BCUT2D eigenvalue weighted by atomic mass is 10.1. The number of rotatable bonds is 5. The van der Waals surface area contributed by atoms with Crippen molar-refractivity contribution in [1.29, 1.82) is 0 Å². The van der Waals surface area contributed by atoms with Crippen molar-refractivity contribution in [2.75, 3.05) is 19.8 Å². The Morgan fingerprint density at radius 1 is 1.05 bits per heavy atom. The van der Waals surface area contributed by atoms with Crippen LogP contribution >= 0.6 is 15.9 Å². The summed E-state index contributed by atoms with van der Waals surface area (Å²) in [6.07, 6.45) is 0.943. The first-order valence-corrected chi connectivity index (χ1v) is 7.44. The number of benzene rings is 1. The van der Waals surface area contributed by atoms with Gasteiger partial charge >= 0.3 is 0 Å². The summed E-state index contributed by atoms with van der Waals surface area (Å²) in [6, 6.07) is 9.98. The molecular formula is C15H16BrNO3. The third-order valence-corrected chi connectivity index (χ3v) is 3.55. The molecule has 0 amide bonds. The van der Waals surface area contributed by atoms with Crippen LogP contribution in [0, 0.1) is 0 Å². The summed E-state index contributed by atoms with van der Waals surface area (Å²) in [5.41, 5.74) is 1.24. The maximum atomic E-state index is 5.58. The van der Waals surface area contributed by atoms with E-state index in [1.54, 1.807) is 0 Å². The molecule has 0 unspecified atom stereocenters. The van der Waals surface area contributed by atoms with Crippen molar-refractivity contribution in [2.24, 2.45) is 0 Å². The van der Waals surface area contributed by atoms with E-state index in [0.717, 1.165) is 41.4 Å². The minimum atomic E-state index is 0.627. The van der Waals surface area contributed by atoms with Crippen molar-refractivity contribution in [3.63, 3.8) is 0 Å². The molecule has 0 aliphatic carbocycles. The van der Waals surface area contributed by atoms with Crippen LogP contribution in [-0.2, 0) is 13.0 Å². The van der Waals surface area contributed by atoms with E-state index in [1.165, 1.54) is 5.56 Å². The first-order valence-electron chi connectivity index (χ1n) is 6.65. The number of hydrogen-bond donors (Lipinski definition) is 1. The highest BCUT2D eigenvalue weighted by Crippen LogP contribution is 2.30. The second-order valence-corrected chi connectivity index (χ2v) is 5.39. The smallest absolute Gasteiger partial charge is 0.169 e. The van der Waals surface area contributed by atoms with Gasteiger partial charge in [-0.25, -0.2) is 0 Å². The molecule has 3 rings (SSSR count).